The van der Waals surface area contributed by atoms with Crippen LogP contribution >= 0.6 is 28.1 Å². The van der Waals surface area contributed by atoms with Crippen LogP contribution < -0.4 is 15.0 Å². The van der Waals surface area contributed by atoms with Crippen LogP contribution in [0.1, 0.15) is 25.0 Å². The summed E-state index contributed by atoms with van der Waals surface area (Å²) in [5, 5.41) is 2.60. The minimum absolute atomic E-state index is 0.0274. The third-order valence-electron chi connectivity index (χ3n) is 4.42. The predicted octanol–water partition coefficient (Wildman–Crippen LogP) is 3.92. The van der Waals surface area contributed by atoms with E-state index in [0.29, 0.717) is 17.0 Å². The van der Waals surface area contributed by atoms with E-state index < -0.39 is 17.8 Å². The molecule has 0 spiro atoms. The number of hydrogen-bond acceptors (Lipinski definition) is 6. The van der Waals surface area contributed by atoms with Crippen molar-refractivity contribution in [2.24, 2.45) is 0 Å². The van der Waals surface area contributed by atoms with E-state index in [2.05, 4.69) is 21.2 Å². The third-order valence-corrected chi connectivity index (χ3v) is 5.19. The van der Waals surface area contributed by atoms with E-state index in [1.54, 1.807) is 50.2 Å². The lowest BCUT2D eigenvalue weighted by atomic mass is 10.1. The van der Waals surface area contributed by atoms with E-state index in [0.717, 1.165) is 10.0 Å². The van der Waals surface area contributed by atoms with Crippen molar-refractivity contribution >= 4 is 62.8 Å². The maximum absolute atomic E-state index is 13.1. The quantitative estimate of drug-likeness (QED) is 0.271. The van der Waals surface area contributed by atoms with Gasteiger partial charge in [0.2, 0.25) is 0 Å². The Kier molecular flexibility index (Phi) is 7.42. The van der Waals surface area contributed by atoms with Crippen LogP contribution in [-0.2, 0) is 19.1 Å². The zero-order chi connectivity index (χ0) is 23.4. The number of anilines is 1. The Bertz CT molecular complexity index is 1110. The van der Waals surface area contributed by atoms with Crippen molar-refractivity contribution in [2.45, 2.75) is 26.9 Å². The third kappa shape index (κ3) is 5.60. The first-order valence-electron chi connectivity index (χ1n) is 9.75. The molecule has 1 aliphatic rings. The van der Waals surface area contributed by atoms with Crippen LogP contribution in [0.5, 0.6) is 5.75 Å². The largest absolute Gasteiger partial charge is 0.482 e. The minimum Gasteiger partial charge on any atom is -0.482 e. The van der Waals surface area contributed by atoms with Crippen LogP contribution in [0.2, 0.25) is 0 Å². The molecule has 1 N–H and O–H groups in total. The molecular weight excluding hydrogens is 496 g/mol. The van der Waals surface area contributed by atoms with Crippen LogP contribution in [0.3, 0.4) is 0 Å². The molecule has 1 aliphatic heterocycles. The van der Waals surface area contributed by atoms with E-state index in [9.17, 15) is 14.4 Å². The van der Waals surface area contributed by atoms with Gasteiger partial charge in [0.1, 0.15) is 11.3 Å². The number of ether oxygens (including phenoxy) is 2. The minimum atomic E-state index is -0.567. The Morgan fingerprint density at radius 1 is 1.19 bits per heavy atom. The van der Waals surface area contributed by atoms with Crippen molar-refractivity contribution in [2.75, 3.05) is 11.5 Å². The van der Waals surface area contributed by atoms with Crippen LogP contribution in [0, 0.1) is 6.92 Å². The Morgan fingerprint density at radius 3 is 2.50 bits per heavy atom. The number of carbonyl (C=O) groups is 3. The fourth-order valence-corrected chi connectivity index (χ4v) is 3.76. The number of amides is 2. The summed E-state index contributed by atoms with van der Waals surface area (Å²) in [5.41, 5.74) is 1.98. The first-order chi connectivity index (χ1) is 15.2. The van der Waals surface area contributed by atoms with E-state index in [-0.39, 0.29) is 23.4 Å². The van der Waals surface area contributed by atoms with Crippen LogP contribution in [0.25, 0.3) is 6.08 Å². The zero-order valence-corrected chi connectivity index (χ0v) is 20.1. The second kappa shape index (κ2) is 10.1. The second-order valence-corrected chi connectivity index (χ2v) is 8.59. The molecule has 7 nitrogen and oxygen atoms in total. The van der Waals surface area contributed by atoms with Gasteiger partial charge >= 0.3 is 5.97 Å². The van der Waals surface area contributed by atoms with Gasteiger partial charge in [-0.15, -0.1) is 0 Å². The summed E-state index contributed by atoms with van der Waals surface area (Å²) in [6.07, 6.45) is 1.27. The maximum atomic E-state index is 13.1. The summed E-state index contributed by atoms with van der Waals surface area (Å²) in [6, 6.07) is 12.1. The molecule has 2 aromatic rings. The van der Waals surface area contributed by atoms with E-state index in [4.69, 9.17) is 21.7 Å². The van der Waals surface area contributed by atoms with Gasteiger partial charge in [0, 0.05) is 4.47 Å². The Balaban J connectivity index is 1.79. The average Bonchev–Trinajstić information content (AvgIpc) is 2.71. The average molecular weight is 517 g/mol. The molecule has 166 valence electrons. The lowest BCUT2D eigenvalue weighted by Crippen LogP contribution is -2.54. The summed E-state index contributed by atoms with van der Waals surface area (Å²) in [7, 11) is 0. The molecule has 0 unspecified atom stereocenters. The fraction of sp³-hybridized carbons (Fsp3) is 0.217. The van der Waals surface area contributed by atoms with Crippen LogP contribution in [0.15, 0.2) is 52.5 Å². The van der Waals surface area contributed by atoms with Gasteiger partial charge in [0.05, 0.1) is 11.8 Å². The molecule has 0 aromatic heterocycles. The number of nitrogens with one attached hydrogen (secondary N) is 1. The molecule has 3 rings (SSSR count). The standard InChI is InChI=1S/C23H21BrN2O5S/c1-13(2)31-20(27)12-30-17-7-4-15(5-8-17)11-18-21(28)25-23(32)26(22(18)29)19-9-6-16(24)10-14(19)3/h4-11,13H,12H2,1-3H3,(H,25,28,32)/b18-11+. The number of thiocarbonyl (C=S) groups is 1. The summed E-state index contributed by atoms with van der Waals surface area (Å²) < 4.78 is 11.3. The predicted molar refractivity (Wildman–Crippen MR) is 128 cm³/mol. The summed E-state index contributed by atoms with van der Waals surface area (Å²) in [4.78, 5) is 38.5. The highest BCUT2D eigenvalue weighted by Crippen LogP contribution is 2.28. The van der Waals surface area contributed by atoms with Gasteiger partial charge in [-0.3, -0.25) is 19.8 Å². The Morgan fingerprint density at radius 2 is 1.88 bits per heavy atom. The van der Waals surface area contributed by atoms with Crippen LogP contribution in [-0.4, -0.2) is 35.6 Å². The molecule has 2 aromatic carbocycles. The fourth-order valence-electron chi connectivity index (χ4n) is 3.01. The van der Waals surface area contributed by atoms with E-state index in [1.807, 2.05) is 13.0 Å². The molecular formula is C23H21BrN2O5S. The summed E-state index contributed by atoms with van der Waals surface area (Å²) in [6.45, 7) is 5.16. The summed E-state index contributed by atoms with van der Waals surface area (Å²) in [5.74, 6) is -1.08. The lowest BCUT2D eigenvalue weighted by molar-refractivity contribution is -0.149. The lowest BCUT2D eigenvalue weighted by Gasteiger charge is -2.30. The normalized spacial score (nSPS) is 15.2. The molecule has 0 atom stereocenters. The topological polar surface area (TPSA) is 84.9 Å². The first kappa shape index (κ1) is 23.6. The molecule has 1 fully saturated rings. The SMILES string of the molecule is Cc1cc(Br)ccc1N1C(=O)/C(=C/c2ccc(OCC(=O)OC(C)C)cc2)C(=O)NC1=S. The van der Waals surface area contributed by atoms with Crippen molar-refractivity contribution in [1.82, 2.24) is 5.32 Å². The highest BCUT2D eigenvalue weighted by molar-refractivity contribution is 9.10. The van der Waals surface area contributed by atoms with Crippen molar-refractivity contribution in [1.29, 1.82) is 0 Å². The molecule has 0 bridgehead atoms. The van der Waals surface area contributed by atoms with Crippen molar-refractivity contribution in [3.05, 3.63) is 63.6 Å². The maximum Gasteiger partial charge on any atom is 0.344 e. The number of hydrogen-bond donors (Lipinski definition) is 1. The smallest absolute Gasteiger partial charge is 0.344 e. The number of rotatable bonds is 6. The van der Waals surface area contributed by atoms with Crippen molar-refractivity contribution in [3.63, 3.8) is 0 Å². The molecule has 32 heavy (non-hydrogen) atoms. The van der Waals surface area contributed by atoms with Gasteiger partial charge in [-0.2, -0.15) is 0 Å². The van der Waals surface area contributed by atoms with Gasteiger partial charge in [-0.25, -0.2) is 4.79 Å². The molecule has 2 amide bonds. The molecule has 0 radical (unpaired) electrons. The number of nitrogens with zero attached hydrogens (tertiary/aromatic N) is 1. The molecule has 0 aliphatic carbocycles. The number of aryl methyl sites for hydroxylation is 1. The molecule has 0 saturated carbocycles. The van der Waals surface area contributed by atoms with Gasteiger partial charge < -0.3 is 9.47 Å². The first-order valence-corrected chi connectivity index (χ1v) is 11.0. The highest BCUT2D eigenvalue weighted by atomic mass is 79.9. The second-order valence-electron chi connectivity index (χ2n) is 7.28. The van der Waals surface area contributed by atoms with Crippen molar-refractivity contribution in [3.8, 4) is 5.75 Å². The monoisotopic (exact) mass is 516 g/mol. The van der Waals surface area contributed by atoms with Crippen LogP contribution in [0.4, 0.5) is 5.69 Å². The Labute approximate surface area is 199 Å². The van der Waals surface area contributed by atoms with Crippen molar-refractivity contribution < 1.29 is 23.9 Å². The number of carbonyl (C=O) groups excluding carboxylic acids is 3. The molecule has 9 heteroatoms. The highest BCUT2D eigenvalue weighted by Gasteiger charge is 2.35. The van der Waals surface area contributed by atoms with E-state index in [1.165, 1.54) is 11.0 Å². The van der Waals surface area contributed by atoms with Gasteiger partial charge in [0.25, 0.3) is 11.8 Å². The Hall–Kier alpha value is -3.04. The number of halogens is 1. The number of benzene rings is 2. The molecule has 1 heterocycles. The molecule has 1 saturated heterocycles. The zero-order valence-electron chi connectivity index (χ0n) is 17.7. The van der Waals surface area contributed by atoms with E-state index >= 15 is 0 Å². The number of esters is 1. The van der Waals surface area contributed by atoms with Gasteiger partial charge in [-0.05, 0) is 80.5 Å². The van der Waals surface area contributed by atoms with Gasteiger partial charge in [-0.1, -0.05) is 28.1 Å². The summed E-state index contributed by atoms with van der Waals surface area (Å²) >= 11 is 8.64. The van der Waals surface area contributed by atoms with Gasteiger partial charge in [0.15, 0.2) is 11.7 Å².